The van der Waals surface area contributed by atoms with Crippen molar-refractivity contribution in [3.8, 4) is 5.75 Å². The molecule has 2 aromatic rings. The van der Waals surface area contributed by atoms with Crippen molar-refractivity contribution in [3.05, 3.63) is 35.7 Å². The Kier molecular flexibility index (Phi) is 4.97. The lowest BCUT2D eigenvalue weighted by atomic mass is 9.89. The number of hydrogen-bond acceptors (Lipinski definition) is 5. The second kappa shape index (κ2) is 7.52. The number of benzene rings is 1. The van der Waals surface area contributed by atoms with Crippen molar-refractivity contribution < 1.29 is 4.74 Å². The van der Waals surface area contributed by atoms with E-state index in [1.807, 2.05) is 0 Å². The summed E-state index contributed by atoms with van der Waals surface area (Å²) in [5.74, 6) is 2.61. The molecule has 1 aliphatic carbocycles. The molecular formula is C19H27N5O. The Balaban J connectivity index is 1.34. The minimum atomic E-state index is 0.516. The van der Waals surface area contributed by atoms with Crippen molar-refractivity contribution in [2.75, 3.05) is 20.2 Å². The second-order valence-corrected chi connectivity index (χ2v) is 7.30. The predicted molar refractivity (Wildman–Crippen MR) is 95.6 cm³/mol. The van der Waals surface area contributed by atoms with Crippen molar-refractivity contribution >= 4 is 0 Å². The zero-order valence-corrected chi connectivity index (χ0v) is 15.0. The van der Waals surface area contributed by atoms with E-state index in [4.69, 9.17) is 4.74 Å². The Morgan fingerprint density at radius 1 is 1.04 bits per heavy atom. The van der Waals surface area contributed by atoms with Crippen LogP contribution < -0.4 is 4.74 Å². The van der Waals surface area contributed by atoms with Gasteiger partial charge in [-0.2, -0.15) is 0 Å². The van der Waals surface area contributed by atoms with E-state index < -0.39 is 0 Å². The van der Waals surface area contributed by atoms with Gasteiger partial charge < -0.3 is 4.74 Å². The van der Waals surface area contributed by atoms with Gasteiger partial charge in [-0.25, -0.2) is 4.68 Å². The number of aromatic nitrogens is 4. The lowest BCUT2D eigenvalue weighted by Crippen LogP contribution is -2.33. The monoisotopic (exact) mass is 341 g/mol. The van der Waals surface area contributed by atoms with Crippen molar-refractivity contribution in [1.29, 1.82) is 0 Å². The van der Waals surface area contributed by atoms with Crippen LogP contribution in [0.5, 0.6) is 5.75 Å². The minimum Gasteiger partial charge on any atom is -0.497 e. The molecule has 1 saturated carbocycles. The maximum Gasteiger partial charge on any atom is 0.165 e. The number of tetrazole rings is 1. The topological polar surface area (TPSA) is 56.1 Å². The highest BCUT2D eigenvalue weighted by Gasteiger charge is 2.25. The largest absolute Gasteiger partial charge is 0.497 e. The molecule has 0 spiro atoms. The summed E-state index contributed by atoms with van der Waals surface area (Å²) in [6.45, 7) is 3.08. The first-order chi connectivity index (χ1) is 12.3. The highest BCUT2D eigenvalue weighted by Crippen LogP contribution is 2.31. The van der Waals surface area contributed by atoms with Gasteiger partial charge in [0.15, 0.2) is 5.82 Å². The Bertz CT molecular complexity index is 669. The highest BCUT2D eigenvalue weighted by atomic mass is 16.5. The van der Waals surface area contributed by atoms with Gasteiger partial charge in [-0.15, -0.1) is 5.10 Å². The van der Waals surface area contributed by atoms with Gasteiger partial charge in [0.1, 0.15) is 5.75 Å². The smallest absolute Gasteiger partial charge is 0.165 e. The maximum atomic E-state index is 5.26. The van der Waals surface area contributed by atoms with Crippen molar-refractivity contribution in [1.82, 2.24) is 25.1 Å². The van der Waals surface area contributed by atoms with Crippen molar-refractivity contribution in [2.24, 2.45) is 0 Å². The Hall–Kier alpha value is -1.95. The number of ether oxygens (including phenoxy) is 1. The molecule has 1 aliphatic heterocycles. The zero-order chi connectivity index (χ0) is 17.1. The number of hydrogen-bond donors (Lipinski definition) is 0. The van der Waals surface area contributed by atoms with Crippen LogP contribution in [0.1, 0.15) is 61.9 Å². The number of piperidine rings is 1. The molecule has 4 rings (SSSR count). The number of likely N-dealkylation sites (tertiary alicyclic amines) is 1. The van der Waals surface area contributed by atoms with Gasteiger partial charge >= 0.3 is 0 Å². The second-order valence-electron chi connectivity index (χ2n) is 7.30. The fraction of sp³-hybridized carbons (Fsp3) is 0.632. The van der Waals surface area contributed by atoms with Gasteiger partial charge in [0.05, 0.1) is 19.7 Å². The molecule has 2 aliphatic rings. The average Bonchev–Trinajstić information content (AvgIpc) is 3.34. The van der Waals surface area contributed by atoms with Crippen LogP contribution in [0.15, 0.2) is 24.3 Å². The Morgan fingerprint density at radius 2 is 1.76 bits per heavy atom. The van der Waals surface area contributed by atoms with Crippen molar-refractivity contribution in [3.63, 3.8) is 0 Å². The fourth-order valence-electron chi connectivity index (χ4n) is 4.25. The fourth-order valence-corrected chi connectivity index (χ4v) is 4.25. The van der Waals surface area contributed by atoms with E-state index in [0.717, 1.165) is 31.2 Å². The first-order valence-electron chi connectivity index (χ1n) is 9.46. The first-order valence-corrected chi connectivity index (χ1v) is 9.46. The lowest BCUT2D eigenvalue weighted by Gasteiger charge is -2.32. The predicted octanol–water partition coefficient (Wildman–Crippen LogP) is 3.18. The quantitative estimate of drug-likeness (QED) is 0.836. The molecule has 6 heteroatoms. The van der Waals surface area contributed by atoms with Crippen LogP contribution in [0.4, 0.5) is 0 Å². The standard InChI is InChI=1S/C19H27N5O/c1-25-18-8-6-15(7-9-18)16-10-12-23(13-11-16)14-19-20-21-22-24(19)17-4-2-3-5-17/h6-9,16-17H,2-5,10-14H2,1H3. The first kappa shape index (κ1) is 16.5. The molecule has 0 bridgehead atoms. The Morgan fingerprint density at radius 3 is 2.44 bits per heavy atom. The third-order valence-corrected chi connectivity index (χ3v) is 5.77. The third kappa shape index (κ3) is 3.68. The summed E-state index contributed by atoms with van der Waals surface area (Å²) < 4.78 is 7.34. The molecule has 134 valence electrons. The van der Waals surface area contributed by atoms with Gasteiger partial charge in [0.25, 0.3) is 0 Å². The normalized spacial score (nSPS) is 20.2. The Labute approximate surface area is 149 Å². The summed E-state index contributed by atoms with van der Waals surface area (Å²) in [5.41, 5.74) is 1.43. The van der Waals surface area contributed by atoms with Crippen LogP contribution in [0.2, 0.25) is 0 Å². The van der Waals surface area contributed by atoms with E-state index in [2.05, 4.69) is 49.4 Å². The molecule has 1 saturated heterocycles. The molecule has 6 nitrogen and oxygen atoms in total. The van der Waals surface area contributed by atoms with E-state index in [9.17, 15) is 0 Å². The highest BCUT2D eigenvalue weighted by molar-refractivity contribution is 5.29. The van der Waals surface area contributed by atoms with Gasteiger partial charge in [-0.3, -0.25) is 4.90 Å². The summed E-state index contributed by atoms with van der Waals surface area (Å²) in [6, 6.07) is 9.07. The third-order valence-electron chi connectivity index (χ3n) is 5.77. The van der Waals surface area contributed by atoms with E-state index in [1.54, 1.807) is 7.11 Å². The number of methoxy groups -OCH3 is 1. The van der Waals surface area contributed by atoms with Gasteiger partial charge in [-0.05, 0) is 72.8 Å². The summed E-state index contributed by atoms with van der Waals surface area (Å²) in [4.78, 5) is 2.50. The van der Waals surface area contributed by atoms with Gasteiger partial charge in [0, 0.05) is 0 Å². The molecule has 1 aromatic carbocycles. The van der Waals surface area contributed by atoms with E-state index in [0.29, 0.717) is 12.0 Å². The molecule has 1 aromatic heterocycles. The maximum absolute atomic E-state index is 5.26. The molecule has 2 fully saturated rings. The van der Waals surface area contributed by atoms with Crippen LogP contribution in [0, 0.1) is 0 Å². The molecule has 25 heavy (non-hydrogen) atoms. The average molecular weight is 341 g/mol. The zero-order valence-electron chi connectivity index (χ0n) is 15.0. The van der Waals surface area contributed by atoms with Crippen LogP contribution >= 0.6 is 0 Å². The summed E-state index contributed by atoms with van der Waals surface area (Å²) in [7, 11) is 1.71. The van der Waals surface area contributed by atoms with Crippen LogP contribution in [0.3, 0.4) is 0 Å². The lowest BCUT2D eigenvalue weighted by molar-refractivity contribution is 0.195. The summed E-state index contributed by atoms with van der Waals surface area (Å²) >= 11 is 0. The van der Waals surface area contributed by atoms with E-state index >= 15 is 0 Å². The van der Waals surface area contributed by atoms with Crippen LogP contribution in [-0.2, 0) is 6.54 Å². The van der Waals surface area contributed by atoms with E-state index in [-0.39, 0.29) is 0 Å². The molecule has 0 atom stereocenters. The molecule has 0 unspecified atom stereocenters. The van der Waals surface area contributed by atoms with E-state index in [1.165, 1.54) is 44.1 Å². The van der Waals surface area contributed by atoms with Crippen LogP contribution in [0.25, 0.3) is 0 Å². The molecule has 0 amide bonds. The molecule has 2 heterocycles. The van der Waals surface area contributed by atoms with Crippen LogP contribution in [-0.4, -0.2) is 45.3 Å². The van der Waals surface area contributed by atoms with Gasteiger partial charge in [-0.1, -0.05) is 25.0 Å². The SMILES string of the molecule is COc1ccc(C2CCN(Cc3nnnn3C3CCCC3)CC2)cc1. The molecule has 0 radical (unpaired) electrons. The molecule has 0 N–H and O–H groups in total. The summed E-state index contributed by atoms with van der Waals surface area (Å²) in [5, 5.41) is 12.5. The minimum absolute atomic E-state index is 0.516. The number of rotatable bonds is 5. The number of nitrogens with zero attached hydrogens (tertiary/aromatic N) is 5. The van der Waals surface area contributed by atoms with Gasteiger partial charge in [0.2, 0.25) is 0 Å². The van der Waals surface area contributed by atoms with Crippen molar-refractivity contribution in [2.45, 2.75) is 57.0 Å². The summed E-state index contributed by atoms with van der Waals surface area (Å²) in [6.07, 6.45) is 7.43. The molecular weight excluding hydrogens is 314 g/mol.